The molecule has 0 bridgehead atoms. The van der Waals surface area contributed by atoms with Crippen molar-refractivity contribution in [1.82, 2.24) is 25.0 Å². The molecule has 0 amide bonds. The number of aromatic nitrogens is 3. The maximum atomic E-state index is 4.35. The second kappa shape index (κ2) is 6.22. The van der Waals surface area contributed by atoms with Gasteiger partial charge in [-0.25, -0.2) is 0 Å². The Morgan fingerprint density at radius 2 is 2.15 bits per heavy atom. The molecule has 2 aliphatic heterocycles. The van der Waals surface area contributed by atoms with E-state index >= 15 is 0 Å². The summed E-state index contributed by atoms with van der Waals surface area (Å²) in [6.45, 7) is 10.1. The van der Waals surface area contributed by atoms with E-state index in [1.807, 2.05) is 0 Å². The molecule has 5 heteroatoms. The molecular formula is C15H27N5. The van der Waals surface area contributed by atoms with E-state index in [4.69, 9.17) is 0 Å². The van der Waals surface area contributed by atoms with Gasteiger partial charge in [0.1, 0.15) is 11.6 Å². The van der Waals surface area contributed by atoms with Crippen molar-refractivity contribution in [2.45, 2.75) is 58.7 Å². The van der Waals surface area contributed by atoms with E-state index < -0.39 is 0 Å². The number of aryl methyl sites for hydroxylation is 1. The van der Waals surface area contributed by atoms with Crippen LogP contribution in [0, 0.1) is 5.92 Å². The van der Waals surface area contributed by atoms with Gasteiger partial charge in [0.05, 0.1) is 6.54 Å². The number of hydrogen-bond donors (Lipinski definition) is 1. The molecule has 0 saturated carbocycles. The summed E-state index contributed by atoms with van der Waals surface area (Å²) in [5.41, 5.74) is 0. The zero-order valence-electron chi connectivity index (χ0n) is 12.8. The molecule has 3 heterocycles. The summed E-state index contributed by atoms with van der Waals surface area (Å²) in [7, 11) is 0. The van der Waals surface area contributed by atoms with Crippen molar-refractivity contribution in [2.75, 3.05) is 19.6 Å². The Kier molecular flexibility index (Phi) is 4.36. The van der Waals surface area contributed by atoms with Gasteiger partial charge < -0.3 is 14.8 Å². The number of hydrogen-bond acceptors (Lipinski definition) is 4. The summed E-state index contributed by atoms with van der Waals surface area (Å²) < 4.78 is 2.31. The van der Waals surface area contributed by atoms with Gasteiger partial charge in [0, 0.05) is 25.6 Å². The smallest absolute Gasteiger partial charge is 0.147 e. The number of likely N-dealkylation sites (tertiary alicyclic amines) is 1. The van der Waals surface area contributed by atoms with Gasteiger partial charge in [0.25, 0.3) is 0 Å². The van der Waals surface area contributed by atoms with Crippen LogP contribution in [0.5, 0.6) is 0 Å². The van der Waals surface area contributed by atoms with Crippen LogP contribution in [0.1, 0.15) is 44.8 Å². The van der Waals surface area contributed by atoms with Gasteiger partial charge in [-0.05, 0) is 52.1 Å². The van der Waals surface area contributed by atoms with Gasteiger partial charge in [-0.2, -0.15) is 0 Å². The predicted octanol–water partition coefficient (Wildman–Crippen LogP) is 1.43. The molecule has 0 aliphatic carbocycles. The van der Waals surface area contributed by atoms with Crippen molar-refractivity contribution in [2.24, 2.45) is 5.92 Å². The molecule has 0 radical (unpaired) electrons. The molecule has 5 nitrogen and oxygen atoms in total. The minimum Gasteiger partial charge on any atom is -0.314 e. The van der Waals surface area contributed by atoms with Crippen LogP contribution in [0.3, 0.4) is 0 Å². The first-order valence-electron chi connectivity index (χ1n) is 8.09. The highest BCUT2D eigenvalue weighted by Gasteiger charge is 2.24. The Morgan fingerprint density at radius 3 is 2.95 bits per heavy atom. The normalized spacial score (nSPS) is 23.4. The van der Waals surface area contributed by atoms with Gasteiger partial charge >= 0.3 is 0 Å². The molecule has 1 unspecified atom stereocenters. The monoisotopic (exact) mass is 277 g/mol. The molecule has 1 fully saturated rings. The van der Waals surface area contributed by atoms with Crippen LogP contribution in [-0.2, 0) is 19.5 Å². The largest absolute Gasteiger partial charge is 0.314 e. The van der Waals surface area contributed by atoms with Crippen molar-refractivity contribution < 1.29 is 0 Å². The molecule has 112 valence electrons. The Balaban J connectivity index is 1.45. The quantitative estimate of drug-likeness (QED) is 0.884. The van der Waals surface area contributed by atoms with Crippen molar-refractivity contribution in [1.29, 1.82) is 0 Å². The average molecular weight is 277 g/mol. The van der Waals surface area contributed by atoms with E-state index in [1.54, 1.807) is 0 Å². The Labute approximate surface area is 121 Å². The van der Waals surface area contributed by atoms with E-state index in [0.717, 1.165) is 37.8 Å². The highest BCUT2D eigenvalue weighted by atomic mass is 15.3. The average Bonchev–Trinajstić information content (AvgIpc) is 3.06. The molecule has 1 aromatic rings. The molecule has 20 heavy (non-hydrogen) atoms. The fourth-order valence-corrected chi connectivity index (χ4v) is 3.39. The number of nitrogens with one attached hydrogen (secondary N) is 1. The third-order valence-electron chi connectivity index (χ3n) is 4.70. The van der Waals surface area contributed by atoms with Crippen LogP contribution in [0.4, 0.5) is 0 Å². The third kappa shape index (κ3) is 3.04. The van der Waals surface area contributed by atoms with Gasteiger partial charge in [-0.1, -0.05) is 0 Å². The van der Waals surface area contributed by atoms with Crippen molar-refractivity contribution in [3.8, 4) is 0 Å². The van der Waals surface area contributed by atoms with E-state index in [9.17, 15) is 0 Å². The van der Waals surface area contributed by atoms with E-state index in [1.165, 1.54) is 38.2 Å². The molecule has 3 rings (SSSR count). The van der Waals surface area contributed by atoms with E-state index in [-0.39, 0.29) is 0 Å². The molecule has 1 saturated heterocycles. The zero-order chi connectivity index (χ0) is 13.9. The van der Waals surface area contributed by atoms with Crippen LogP contribution in [0.2, 0.25) is 0 Å². The number of fused-ring (bicyclic) bond motifs is 1. The number of nitrogens with zero attached hydrogens (tertiary/aromatic N) is 4. The second-order valence-corrected chi connectivity index (χ2v) is 6.52. The van der Waals surface area contributed by atoms with Crippen LogP contribution < -0.4 is 5.32 Å². The molecule has 1 atom stereocenters. The second-order valence-electron chi connectivity index (χ2n) is 6.52. The van der Waals surface area contributed by atoms with E-state index in [2.05, 4.69) is 38.8 Å². The zero-order valence-corrected chi connectivity index (χ0v) is 12.8. The first-order chi connectivity index (χ1) is 9.74. The maximum Gasteiger partial charge on any atom is 0.147 e. The van der Waals surface area contributed by atoms with Crippen molar-refractivity contribution in [3.05, 3.63) is 11.6 Å². The van der Waals surface area contributed by atoms with Crippen molar-refractivity contribution >= 4 is 0 Å². The minimum atomic E-state index is 0.684. The first kappa shape index (κ1) is 14.0. The summed E-state index contributed by atoms with van der Waals surface area (Å²) in [4.78, 5) is 2.57. The number of rotatable bonds is 5. The lowest BCUT2D eigenvalue weighted by Gasteiger charge is -2.20. The molecule has 0 spiro atoms. The Bertz CT molecular complexity index is 439. The first-order valence-corrected chi connectivity index (χ1v) is 8.09. The summed E-state index contributed by atoms with van der Waals surface area (Å²) >= 11 is 0. The predicted molar refractivity (Wildman–Crippen MR) is 79.5 cm³/mol. The topological polar surface area (TPSA) is 46.0 Å². The van der Waals surface area contributed by atoms with Gasteiger partial charge in [-0.3, -0.25) is 0 Å². The summed E-state index contributed by atoms with van der Waals surface area (Å²) in [6, 6.07) is 0.684. The fourth-order valence-electron chi connectivity index (χ4n) is 3.39. The minimum absolute atomic E-state index is 0.684. The molecule has 2 aliphatic rings. The van der Waals surface area contributed by atoms with Gasteiger partial charge in [0.15, 0.2) is 0 Å². The van der Waals surface area contributed by atoms with Crippen LogP contribution in [0.25, 0.3) is 0 Å². The molecule has 0 aromatic carbocycles. The highest BCUT2D eigenvalue weighted by molar-refractivity contribution is 4.98. The van der Waals surface area contributed by atoms with Crippen molar-refractivity contribution in [3.63, 3.8) is 0 Å². The summed E-state index contributed by atoms with van der Waals surface area (Å²) in [5.74, 6) is 3.10. The lowest BCUT2D eigenvalue weighted by Crippen LogP contribution is -2.31. The lowest BCUT2D eigenvalue weighted by molar-refractivity contribution is 0.263. The molecular weight excluding hydrogens is 250 g/mol. The Morgan fingerprint density at radius 1 is 1.25 bits per heavy atom. The van der Waals surface area contributed by atoms with E-state index in [0.29, 0.717) is 6.04 Å². The molecule has 1 N–H and O–H groups in total. The highest BCUT2D eigenvalue weighted by Crippen LogP contribution is 2.18. The van der Waals surface area contributed by atoms with Gasteiger partial charge in [0.2, 0.25) is 0 Å². The fraction of sp³-hybridized carbons (Fsp3) is 0.867. The lowest BCUT2D eigenvalue weighted by atomic mass is 10.1. The van der Waals surface area contributed by atoms with Gasteiger partial charge in [-0.15, -0.1) is 10.2 Å². The molecule has 1 aromatic heterocycles. The van der Waals surface area contributed by atoms with Crippen LogP contribution in [-0.4, -0.2) is 45.3 Å². The Hall–Kier alpha value is -0.940. The van der Waals surface area contributed by atoms with Crippen LogP contribution in [0.15, 0.2) is 0 Å². The standard InChI is InChI=1S/C15H27N5/c1-12(2)19-8-6-13(11-19)9-16-10-15-18-17-14-5-3-4-7-20(14)15/h12-13,16H,3-11H2,1-2H3. The SMILES string of the molecule is CC(C)N1CCC(CNCc2nnc3n2CCCC3)C1. The maximum absolute atomic E-state index is 4.35. The third-order valence-corrected chi connectivity index (χ3v) is 4.70. The van der Waals surface area contributed by atoms with Crippen LogP contribution >= 0.6 is 0 Å². The summed E-state index contributed by atoms with van der Waals surface area (Å²) in [6.07, 6.45) is 4.95. The summed E-state index contributed by atoms with van der Waals surface area (Å²) in [5, 5.41) is 12.2.